The van der Waals surface area contributed by atoms with E-state index in [0.717, 1.165) is 18.9 Å². The summed E-state index contributed by atoms with van der Waals surface area (Å²) >= 11 is 0. The van der Waals surface area contributed by atoms with Crippen LogP contribution < -0.4 is 16.0 Å². The van der Waals surface area contributed by atoms with Gasteiger partial charge in [-0.05, 0) is 25.2 Å². The third-order valence-electron chi connectivity index (χ3n) is 4.10. The number of methoxy groups -OCH3 is 1. The van der Waals surface area contributed by atoms with Crippen LogP contribution in [0.15, 0.2) is 4.99 Å². The smallest absolute Gasteiger partial charge is 0.220 e. The summed E-state index contributed by atoms with van der Waals surface area (Å²) in [5, 5.41) is 9.38. The van der Waals surface area contributed by atoms with Crippen LogP contribution >= 0.6 is 24.0 Å². The van der Waals surface area contributed by atoms with Gasteiger partial charge in [-0.15, -0.1) is 24.0 Å². The summed E-state index contributed by atoms with van der Waals surface area (Å²) in [5.41, 5.74) is 0. The Bertz CT molecular complexity index is 364. The predicted octanol–water partition coefficient (Wildman–Crippen LogP) is 1.52. The van der Waals surface area contributed by atoms with Crippen molar-refractivity contribution < 1.29 is 14.3 Å². The van der Waals surface area contributed by atoms with Crippen LogP contribution in [0.3, 0.4) is 0 Å². The standard InChI is InChI=1S/C17H34N4O3.HI/c1-18-17(20-8-5-11-24-13-12-23-2)21-10-9-19-16(22)14-15-6-3-4-7-15;/h15H,3-14H2,1-2H3,(H,19,22)(H2,18,20,21);1H. The van der Waals surface area contributed by atoms with Crippen LogP contribution in [0.1, 0.15) is 38.5 Å². The number of aliphatic imine (C=N–C) groups is 1. The first-order valence-electron chi connectivity index (χ1n) is 9.04. The third kappa shape index (κ3) is 13.3. The number of hydrogen-bond donors (Lipinski definition) is 3. The maximum absolute atomic E-state index is 11.8. The second-order valence-electron chi connectivity index (χ2n) is 6.09. The number of ether oxygens (including phenoxy) is 2. The Morgan fingerprint density at radius 2 is 1.72 bits per heavy atom. The average Bonchev–Trinajstić information content (AvgIpc) is 3.08. The number of guanidine groups is 1. The van der Waals surface area contributed by atoms with Gasteiger partial charge in [0.15, 0.2) is 5.96 Å². The lowest BCUT2D eigenvalue weighted by Gasteiger charge is -2.13. The van der Waals surface area contributed by atoms with E-state index in [1.54, 1.807) is 14.2 Å². The zero-order chi connectivity index (χ0) is 17.5. The number of carbonyl (C=O) groups excluding carboxylic acids is 1. The van der Waals surface area contributed by atoms with Crippen LogP contribution in [0, 0.1) is 5.92 Å². The summed E-state index contributed by atoms with van der Waals surface area (Å²) in [5.74, 6) is 1.51. The summed E-state index contributed by atoms with van der Waals surface area (Å²) in [4.78, 5) is 16.0. The molecule has 1 rings (SSSR count). The van der Waals surface area contributed by atoms with Crippen LogP contribution in [0.4, 0.5) is 0 Å². The van der Waals surface area contributed by atoms with E-state index in [0.29, 0.717) is 45.2 Å². The van der Waals surface area contributed by atoms with E-state index >= 15 is 0 Å². The van der Waals surface area contributed by atoms with E-state index in [1.165, 1.54) is 25.7 Å². The fraction of sp³-hybridized carbons (Fsp3) is 0.882. The lowest BCUT2D eigenvalue weighted by atomic mass is 10.0. The summed E-state index contributed by atoms with van der Waals surface area (Å²) in [7, 11) is 3.40. The predicted molar refractivity (Wildman–Crippen MR) is 112 cm³/mol. The minimum absolute atomic E-state index is 0. The molecule has 1 amide bonds. The van der Waals surface area contributed by atoms with Gasteiger partial charge in [0.1, 0.15) is 0 Å². The Hall–Kier alpha value is -0.610. The number of rotatable bonds is 12. The molecule has 8 heteroatoms. The number of hydrogen-bond acceptors (Lipinski definition) is 4. The number of nitrogens with one attached hydrogen (secondary N) is 3. The van der Waals surface area contributed by atoms with Crippen molar-refractivity contribution in [3.63, 3.8) is 0 Å². The Labute approximate surface area is 169 Å². The van der Waals surface area contributed by atoms with Crippen molar-refractivity contribution >= 4 is 35.8 Å². The van der Waals surface area contributed by atoms with Gasteiger partial charge in [0.25, 0.3) is 0 Å². The molecule has 0 aliphatic heterocycles. The van der Waals surface area contributed by atoms with Crippen LogP contribution in [0.2, 0.25) is 0 Å². The minimum Gasteiger partial charge on any atom is -0.382 e. The number of carbonyl (C=O) groups is 1. The Morgan fingerprint density at radius 1 is 1.04 bits per heavy atom. The van der Waals surface area contributed by atoms with Gasteiger partial charge in [-0.1, -0.05) is 12.8 Å². The summed E-state index contributed by atoms with van der Waals surface area (Å²) in [6, 6.07) is 0. The molecule has 1 fully saturated rings. The molecule has 0 unspecified atom stereocenters. The fourth-order valence-corrected chi connectivity index (χ4v) is 2.78. The lowest BCUT2D eigenvalue weighted by Crippen LogP contribution is -2.42. The molecule has 0 spiro atoms. The molecule has 0 bridgehead atoms. The molecule has 3 N–H and O–H groups in total. The summed E-state index contributed by atoms with van der Waals surface area (Å²) in [6.45, 7) is 4.03. The highest BCUT2D eigenvalue weighted by molar-refractivity contribution is 14.0. The Kier molecular flexibility index (Phi) is 16.4. The van der Waals surface area contributed by atoms with E-state index in [2.05, 4.69) is 20.9 Å². The van der Waals surface area contributed by atoms with Gasteiger partial charge in [-0.25, -0.2) is 0 Å². The molecule has 1 aliphatic carbocycles. The molecule has 1 saturated carbocycles. The average molecular weight is 470 g/mol. The van der Waals surface area contributed by atoms with Crippen molar-refractivity contribution in [3.05, 3.63) is 0 Å². The topological polar surface area (TPSA) is 84.0 Å². The van der Waals surface area contributed by atoms with Gasteiger partial charge in [0, 0.05) is 46.8 Å². The van der Waals surface area contributed by atoms with Gasteiger partial charge in [0.2, 0.25) is 5.91 Å². The molecule has 25 heavy (non-hydrogen) atoms. The first-order valence-corrected chi connectivity index (χ1v) is 9.04. The zero-order valence-corrected chi connectivity index (χ0v) is 18.0. The Balaban J connectivity index is 0.00000576. The summed E-state index contributed by atoms with van der Waals surface area (Å²) in [6.07, 6.45) is 6.55. The van der Waals surface area contributed by atoms with Crippen LogP contribution in [0.25, 0.3) is 0 Å². The number of halogens is 1. The molecule has 0 atom stereocenters. The quantitative estimate of drug-likeness (QED) is 0.174. The first-order chi connectivity index (χ1) is 11.8. The van der Waals surface area contributed by atoms with Crippen molar-refractivity contribution in [1.82, 2.24) is 16.0 Å². The van der Waals surface area contributed by atoms with Crippen molar-refractivity contribution in [3.8, 4) is 0 Å². The third-order valence-corrected chi connectivity index (χ3v) is 4.10. The second kappa shape index (κ2) is 16.8. The second-order valence-corrected chi connectivity index (χ2v) is 6.09. The first kappa shape index (κ1) is 24.4. The molecular weight excluding hydrogens is 435 g/mol. The van der Waals surface area contributed by atoms with Gasteiger partial charge < -0.3 is 25.4 Å². The molecule has 0 aromatic carbocycles. The highest BCUT2D eigenvalue weighted by Crippen LogP contribution is 2.27. The molecule has 0 aromatic heterocycles. The minimum atomic E-state index is 0. The van der Waals surface area contributed by atoms with E-state index in [1.807, 2.05) is 0 Å². The van der Waals surface area contributed by atoms with E-state index in [4.69, 9.17) is 9.47 Å². The SMILES string of the molecule is CN=C(NCCCOCCOC)NCCNC(=O)CC1CCCC1.I. The maximum atomic E-state index is 11.8. The molecule has 0 heterocycles. The summed E-state index contributed by atoms with van der Waals surface area (Å²) < 4.78 is 10.3. The van der Waals surface area contributed by atoms with E-state index < -0.39 is 0 Å². The molecule has 1 aliphatic rings. The van der Waals surface area contributed by atoms with Crippen molar-refractivity contribution in [1.29, 1.82) is 0 Å². The van der Waals surface area contributed by atoms with Crippen molar-refractivity contribution in [2.45, 2.75) is 38.5 Å². The fourth-order valence-electron chi connectivity index (χ4n) is 2.78. The molecule has 148 valence electrons. The van der Waals surface area contributed by atoms with Gasteiger partial charge in [-0.2, -0.15) is 0 Å². The molecule has 0 radical (unpaired) electrons. The Morgan fingerprint density at radius 3 is 2.40 bits per heavy atom. The van der Waals surface area contributed by atoms with Crippen molar-refractivity contribution in [2.24, 2.45) is 10.9 Å². The molecule has 0 aromatic rings. The van der Waals surface area contributed by atoms with Crippen LogP contribution in [0.5, 0.6) is 0 Å². The highest BCUT2D eigenvalue weighted by Gasteiger charge is 2.17. The normalized spacial score (nSPS) is 14.9. The monoisotopic (exact) mass is 470 g/mol. The molecule has 7 nitrogen and oxygen atoms in total. The lowest BCUT2D eigenvalue weighted by molar-refractivity contribution is -0.121. The zero-order valence-electron chi connectivity index (χ0n) is 15.6. The van der Waals surface area contributed by atoms with E-state index in [9.17, 15) is 4.79 Å². The maximum Gasteiger partial charge on any atom is 0.220 e. The molecular formula is C17H35IN4O3. The van der Waals surface area contributed by atoms with Gasteiger partial charge >= 0.3 is 0 Å². The highest BCUT2D eigenvalue weighted by atomic mass is 127. The van der Waals surface area contributed by atoms with Crippen molar-refractivity contribution in [2.75, 3.05) is 53.6 Å². The van der Waals surface area contributed by atoms with Gasteiger partial charge in [-0.3, -0.25) is 9.79 Å². The largest absolute Gasteiger partial charge is 0.382 e. The van der Waals surface area contributed by atoms with Gasteiger partial charge in [0.05, 0.1) is 13.2 Å². The molecule has 0 saturated heterocycles. The van der Waals surface area contributed by atoms with Crippen LogP contribution in [-0.4, -0.2) is 65.5 Å². The number of amides is 1. The van der Waals surface area contributed by atoms with Crippen LogP contribution in [-0.2, 0) is 14.3 Å². The number of nitrogens with zero attached hydrogens (tertiary/aromatic N) is 1. The van der Waals surface area contributed by atoms with E-state index in [-0.39, 0.29) is 29.9 Å².